The molecule has 0 unspecified atom stereocenters. The van der Waals surface area contributed by atoms with Gasteiger partial charge in [0, 0.05) is 12.1 Å². The lowest BCUT2D eigenvalue weighted by Crippen LogP contribution is -1.95. The van der Waals surface area contributed by atoms with Crippen LogP contribution in [0.5, 0.6) is 0 Å². The standard InChI is InChI=1S/C14H12ClNO/c15-14-7-12(5-6-13(14)9-17)11-3-1-10(8-16)2-4-11/h1-7,9H,8,16H2. The number of hydrogen-bond donors (Lipinski definition) is 1. The lowest BCUT2D eigenvalue weighted by Gasteiger charge is -2.05. The second-order valence-corrected chi connectivity index (χ2v) is 4.16. The second kappa shape index (κ2) is 5.13. The quantitative estimate of drug-likeness (QED) is 0.844. The van der Waals surface area contributed by atoms with Crippen LogP contribution in [0.15, 0.2) is 42.5 Å². The van der Waals surface area contributed by atoms with Gasteiger partial charge in [-0.1, -0.05) is 41.9 Å². The average molecular weight is 246 g/mol. The Morgan fingerprint density at radius 2 is 1.71 bits per heavy atom. The van der Waals surface area contributed by atoms with E-state index < -0.39 is 0 Å². The molecule has 2 N–H and O–H groups in total. The summed E-state index contributed by atoms with van der Waals surface area (Å²) in [6.07, 6.45) is 0.754. The number of carbonyl (C=O) groups is 1. The van der Waals surface area contributed by atoms with Gasteiger partial charge >= 0.3 is 0 Å². The highest BCUT2D eigenvalue weighted by Gasteiger charge is 2.02. The van der Waals surface area contributed by atoms with Gasteiger partial charge in [0.25, 0.3) is 0 Å². The number of nitrogens with two attached hydrogens (primary N) is 1. The van der Waals surface area contributed by atoms with Crippen molar-refractivity contribution < 1.29 is 4.79 Å². The molecule has 0 aromatic heterocycles. The highest BCUT2D eigenvalue weighted by molar-refractivity contribution is 6.33. The number of halogens is 1. The maximum Gasteiger partial charge on any atom is 0.151 e. The monoisotopic (exact) mass is 245 g/mol. The number of aldehydes is 1. The third kappa shape index (κ3) is 2.54. The van der Waals surface area contributed by atoms with Gasteiger partial charge in [0.1, 0.15) is 0 Å². The van der Waals surface area contributed by atoms with Crippen LogP contribution >= 0.6 is 11.6 Å². The first-order valence-corrected chi connectivity index (χ1v) is 5.66. The molecule has 0 atom stereocenters. The molecule has 2 aromatic carbocycles. The van der Waals surface area contributed by atoms with Gasteiger partial charge in [-0.15, -0.1) is 0 Å². The molecule has 0 spiro atoms. The molecular weight excluding hydrogens is 234 g/mol. The average Bonchev–Trinajstić information content (AvgIpc) is 2.39. The van der Waals surface area contributed by atoms with Gasteiger partial charge < -0.3 is 5.73 Å². The summed E-state index contributed by atoms with van der Waals surface area (Å²) in [6.45, 7) is 0.533. The molecule has 0 aliphatic carbocycles. The van der Waals surface area contributed by atoms with Crippen molar-refractivity contribution in [1.82, 2.24) is 0 Å². The van der Waals surface area contributed by atoms with Crippen molar-refractivity contribution in [2.24, 2.45) is 5.73 Å². The van der Waals surface area contributed by atoms with E-state index in [0.717, 1.165) is 23.0 Å². The van der Waals surface area contributed by atoms with Gasteiger partial charge in [-0.05, 0) is 28.8 Å². The zero-order valence-electron chi connectivity index (χ0n) is 9.19. The topological polar surface area (TPSA) is 43.1 Å². The van der Waals surface area contributed by atoms with Crippen molar-refractivity contribution in [3.8, 4) is 11.1 Å². The summed E-state index contributed by atoms with van der Waals surface area (Å²) < 4.78 is 0. The van der Waals surface area contributed by atoms with Gasteiger partial charge in [-0.25, -0.2) is 0 Å². The van der Waals surface area contributed by atoms with E-state index in [1.54, 1.807) is 12.1 Å². The van der Waals surface area contributed by atoms with Crippen molar-refractivity contribution in [3.05, 3.63) is 58.6 Å². The van der Waals surface area contributed by atoms with Crippen LogP contribution in [-0.2, 0) is 6.54 Å². The summed E-state index contributed by atoms with van der Waals surface area (Å²) >= 11 is 5.99. The number of rotatable bonds is 3. The van der Waals surface area contributed by atoms with E-state index in [9.17, 15) is 4.79 Å². The Hall–Kier alpha value is -1.64. The van der Waals surface area contributed by atoms with Crippen LogP contribution in [0, 0.1) is 0 Å². The summed E-state index contributed by atoms with van der Waals surface area (Å²) in [4.78, 5) is 10.7. The number of benzene rings is 2. The van der Waals surface area contributed by atoms with Gasteiger partial charge in [0.05, 0.1) is 5.02 Å². The zero-order chi connectivity index (χ0) is 12.3. The maximum atomic E-state index is 10.7. The Bertz CT molecular complexity index is 534. The third-order valence-electron chi connectivity index (χ3n) is 2.65. The van der Waals surface area contributed by atoms with Crippen molar-refractivity contribution in [1.29, 1.82) is 0 Å². The van der Waals surface area contributed by atoms with Crippen molar-refractivity contribution in [2.45, 2.75) is 6.54 Å². The fraction of sp³-hybridized carbons (Fsp3) is 0.0714. The number of carbonyl (C=O) groups excluding carboxylic acids is 1. The minimum absolute atomic E-state index is 0.473. The molecule has 0 amide bonds. The second-order valence-electron chi connectivity index (χ2n) is 3.76. The fourth-order valence-electron chi connectivity index (χ4n) is 1.64. The Morgan fingerprint density at radius 1 is 1.06 bits per heavy atom. The molecule has 0 heterocycles. The van der Waals surface area contributed by atoms with Crippen molar-refractivity contribution in [2.75, 3.05) is 0 Å². The van der Waals surface area contributed by atoms with E-state index in [1.807, 2.05) is 30.3 Å². The molecule has 0 bridgehead atoms. The van der Waals surface area contributed by atoms with E-state index >= 15 is 0 Å². The molecule has 0 saturated carbocycles. The van der Waals surface area contributed by atoms with Crippen LogP contribution in [0.3, 0.4) is 0 Å². The molecule has 17 heavy (non-hydrogen) atoms. The molecule has 2 rings (SSSR count). The summed E-state index contributed by atoms with van der Waals surface area (Å²) in [5.74, 6) is 0. The summed E-state index contributed by atoms with van der Waals surface area (Å²) in [6, 6.07) is 13.4. The molecule has 86 valence electrons. The lowest BCUT2D eigenvalue weighted by molar-refractivity contribution is 0.112. The van der Waals surface area contributed by atoms with Crippen LogP contribution in [0.2, 0.25) is 5.02 Å². The molecule has 0 radical (unpaired) electrons. The minimum atomic E-state index is 0.473. The number of hydrogen-bond acceptors (Lipinski definition) is 2. The van der Waals surface area contributed by atoms with Crippen molar-refractivity contribution in [3.63, 3.8) is 0 Å². The van der Waals surface area contributed by atoms with Crippen molar-refractivity contribution >= 4 is 17.9 Å². The van der Waals surface area contributed by atoms with E-state index in [4.69, 9.17) is 17.3 Å². The summed E-state index contributed by atoms with van der Waals surface area (Å²) in [5, 5.41) is 0.473. The van der Waals surface area contributed by atoms with Gasteiger partial charge in [-0.3, -0.25) is 4.79 Å². The first kappa shape index (κ1) is 11.8. The Balaban J connectivity index is 2.38. The Morgan fingerprint density at radius 3 is 2.24 bits per heavy atom. The highest BCUT2D eigenvalue weighted by atomic mass is 35.5. The van der Waals surface area contributed by atoms with Gasteiger partial charge in [0.15, 0.2) is 6.29 Å². The SMILES string of the molecule is NCc1ccc(-c2ccc(C=O)c(Cl)c2)cc1. The van der Waals surface area contributed by atoms with E-state index in [1.165, 1.54) is 0 Å². The first-order chi connectivity index (χ1) is 8.24. The van der Waals surface area contributed by atoms with Crippen LogP contribution in [-0.4, -0.2) is 6.29 Å². The fourth-order valence-corrected chi connectivity index (χ4v) is 1.86. The van der Waals surface area contributed by atoms with Gasteiger partial charge in [0.2, 0.25) is 0 Å². The predicted molar refractivity (Wildman–Crippen MR) is 70.2 cm³/mol. The molecule has 2 nitrogen and oxygen atoms in total. The molecule has 0 aliphatic rings. The molecule has 0 fully saturated rings. The largest absolute Gasteiger partial charge is 0.326 e. The molecule has 0 saturated heterocycles. The van der Waals surface area contributed by atoms with Crippen LogP contribution in [0.1, 0.15) is 15.9 Å². The van der Waals surface area contributed by atoms with Crippen LogP contribution in [0.25, 0.3) is 11.1 Å². The first-order valence-electron chi connectivity index (χ1n) is 5.28. The van der Waals surface area contributed by atoms with E-state index in [0.29, 0.717) is 17.1 Å². The van der Waals surface area contributed by atoms with Crippen LogP contribution in [0.4, 0.5) is 0 Å². The Labute approximate surface area is 105 Å². The summed E-state index contributed by atoms with van der Waals surface area (Å²) in [7, 11) is 0. The maximum absolute atomic E-state index is 10.7. The highest BCUT2D eigenvalue weighted by Crippen LogP contribution is 2.25. The van der Waals surface area contributed by atoms with Gasteiger partial charge in [-0.2, -0.15) is 0 Å². The minimum Gasteiger partial charge on any atom is -0.326 e. The zero-order valence-corrected chi connectivity index (χ0v) is 9.95. The third-order valence-corrected chi connectivity index (χ3v) is 2.98. The van der Waals surface area contributed by atoms with E-state index in [2.05, 4.69) is 0 Å². The van der Waals surface area contributed by atoms with E-state index in [-0.39, 0.29) is 0 Å². The lowest BCUT2D eigenvalue weighted by atomic mass is 10.0. The molecule has 3 heteroatoms. The molecule has 2 aromatic rings. The van der Waals surface area contributed by atoms with Crippen LogP contribution < -0.4 is 5.73 Å². The smallest absolute Gasteiger partial charge is 0.151 e. The Kier molecular flexibility index (Phi) is 3.57. The molecule has 0 aliphatic heterocycles. The summed E-state index contributed by atoms with van der Waals surface area (Å²) in [5.41, 5.74) is 9.18. The predicted octanol–water partition coefficient (Wildman–Crippen LogP) is 3.28. The normalized spacial score (nSPS) is 10.2. The molecular formula is C14H12ClNO.